The molecule has 0 aliphatic heterocycles. The van der Waals surface area contributed by atoms with Crippen LogP contribution in [0.1, 0.15) is 22.3 Å². The lowest BCUT2D eigenvalue weighted by Crippen LogP contribution is -2.54. The van der Waals surface area contributed by atoms with Crippen LogP contribution in [0.3, 0.4) is 0 Å². The van der Waals surface area contributed by atoms with Crippen LogP contribution in [-0.2, 0) is 35.3 Å². The summed E-state index contributed by atoms with van der Waals surface area (Å²) in [7, 11) is 3.26. The fourth-order valence-electron chi connectivity index (χ4n) is 6.12. The quantitative estimate of drug-likeness (QED) is 0.130. The average Bonchev–Trinajstić information content (AvgIpc) is 3.80. The van der Waals surface area contributed by atoms with Crippen molar-refractivity contribution in [3.63, 3.8) is 0 Å². The van der Waals surface area contributed by atoms with Crippen molar-refractivity contribution in [1.82, 2.24) is 10.6 Å². The summed E-state index contributed by atoms with van der Waals surface area (Å²) in [5, 5.41) is 8.01. The number of carbonyl (C=O) groups is 2. The molecule has 2 amide bonds. The lowest BCUT2D eigenvalue weighted by atomic mass is 9.73. The van der Waals surface area contributed by atoms with Gasteiger partial charge in [0.1, 0.15) is 28.1 Å². The Labute approximate surface area is 273 Å². The van der Waals surface area contributed by atoms with Gasteiger partial charge in [0.2, 0.25) is 11.8 Å². The smallest absolute Gasteiger partial charge is 0.236 e. The normalized spacial score (nSPS) is 11.4. The second kappa shape index (κ2) is 14.3. The van der Waals surface area contributed by atoms with Crippen molar-refractivity contribution in [1.29, 1.82) is 0 Å². The maximum absolute atomic E-state index is 14.6. The molecule has 6 aromatic rings. The molecule has 4 aromatic carbocycles. The zero-order valence-corrected chi connectivity index (χ0v) is 26.6. The molecule has 47 heavy (non-hydrogen) atoms. The molecular weight excluding hydrogens is 592 g/mol. The standard InChI is InChI=1S/C39H38N2O6/c1-44-31-13-9-27(10-14-31)17-21-40-37(42)39(25-29-5-3-7-35-33(29)19-23-46-35,26-30-6-4-8-36-34(30)20-24-47-36)38(43)41-22-18-28-11-15-32(45-2)16-12-28/h3-16,19-20,23-24H,17-18,21-22,25-26H2,1-2H3,(H,40,42)(H,41,43). The van der Waals surface area contributed by atoms with Crippen molar-refractivity contribution in [3.05, 3.63) is 132 Å². The van der Waals surface area contributed by atoms with E-state index in [1.54, 1.807) is 26.7 Å². The van der Waals surface area contributed by atoms with Gasteiger partial charge in [0.25, 0.3) is 0 Å². The van der Waals surface area contributed by atoms with E-state index in [1.807, 2.05) is 97.1 Å². The summed E-state index contributed by atoms with van der Waals surface area (Å²) < 4.78 is 21.9. The van der Waals surface area contributed by atoms with E-state index in [-0.39, 0.29) is 24.7 Å². The summed E-state index contributed by atoms with van der Waals surface area (Å²) in [4.78, 5) is 29.2. The molecule has 0 spiro atoms. The number of furan rings is 2. The number of methoxy groups -OCH3 is 2. The molecule has 8 heteroatoms. The fraction of sp³-hybridized carbons (Fsp3) is 0.231. The Hall–Kier alpha value is -5.50. The van der Waals surface area contributed by atoms with Gasteiger partial charge < -0.3 is 28.9 Å². The number of carbonyl (C=O) groups excluding carboxylic acids is 2. The molecule has 2 heterocycles. The number of hydrogen-bond donors (Lipinski definition) is 2. The molecule has 0 saturated carbocycles. The fourth-order valence-corrected chi connectivity index (χ4v) is 6.12. The minimum absolute atomic E-state index is 0.168. The monoisotopic (exact) mass is 630 g/mol. The van der Waals surface area contributed by atoms with Crippen LogP contribution in [0.25, 0.3) is 21.9 Å². The predicted molar refractivity (Wildman–Crippen MR) is 182 cm³/mol. The Kier molecular flexibility index (Phi) is 9.57. The SMILES string of the molecule is COc1ccc(CCNC(=O)C(Cc2cccc3occc23)(Cc2cccc3occc23)C(=O)NCCc2ccc(OC)cc2)cc1. The van der Waals surface area contributed by atoms with Crippen molar-refractivity contribution in [3.8, 4) is 11.5 Å². The van der Waals surface area contributed by atoms with Crippen LogP contribution in [-0.4, -0.2) is 39.1 Å². The highest BCUT2D eigenvalue weighted by atomic mass is 16.5. The van der Waals surface area contributed by atoms with E-state index in [0.29, 0.717) is 37.1 Å². The van der Waals surface area contributed by atoms with Gasteiger partial charge in [-0.15, -0.1) is 0 Å². The number of hydrogen-bond acceptors (Lipinski definition) is 6. The molecule has 240 valence electrons. The second-order valence-electron chi connectivity index (χ2n) is 11.6. The summed E-state index contributed by atoms with van der Waals surface area (Å²) in [5.41, 5.74) is 3.72. The Bertz CT molecular complexity index is 1810. The first-order chi connectivity index (χ1) is 23.0. The Morgan fingerprint density at radius 1 is 0.596 bits per heavy atom. The lowest BCUT2D eigenvalue weighted by molar-refractivity contribution is -0.143. The molecule has 8 nitrogen and oxygen atoms in total. The van der Waals surface area contributed by atoms with Crippen LogP contribution in [0.5, 0.6) is 11.5 Å². The number of ether oxygens (including phenoxy) is 2. The predicted octanol–water partition coefficient (Wildman–Crippen LogP) is 6.69. The highest BCUT2D eigenvalue weighted by molar-refractivity contribution is 6.06. The summed E-state index contributed by atoms with van der Waals surface area (Å²) in [6.07, 6.45) is 4.79. The Morgan fingerprint density at radius 2 is 1.02 bits per heavy atom. The van der Waals surface area contributed by atoms with E-state index in [2.05, 4.69) is 10.6 Å². The second-order valence-corrected chi connectivity index (χ2v) is 11.6. The maximum atomic E-state index is 14.6. The third-order valence-electron chi connectivity index (χ3n) is 8.74. The molecular formula is C39H38N2O6. The van der Waals surface area contributed by atoms with Gasteiger partial charge in [-0.25, -0.2) is 0 Å². The first kappa shape index (κ1) is 31.5. The van der Waals surface area contributed by atoms with E-state index in [4.69, 9.17) is 18.3 Å². The third-order valence-corrected chi connectivity index (χ3v) is 8.74. The topological polar surface area (TPSA) is 103 Å². The van der Waals surface area contributed by atoms with Crippen LogP contribution in [0.15, 0.2) is 118 Å². The Balaban J connectivity index is 1.34. The molecule has 0 bridgehead atoms. The molecule has 0 atom stereocenters. The van der Waals surface area contributed by atoms with Gasteiger partial charge in [0.05, 0.1) is 26.7 Å². The van der Waals surface area contributed by atoms with Crippen LogP contribution < -0.4 is 20.1 Å². The highest BCUT2D eigenvalue weighted by Crippen LogP contribution is 2.35. The van der Waals surface area contributed by atoms with Gasteiger partial charge in [-0.05, 0) is 96.5 Å². The number of nitrogens with one attached hydrogen (secondary N) is 2. The van der Waals surface area contributed by atoms with Crippen LogP contribution in [0.2, 0.25) is 0 Å². The van der Waals surface area contributed by atoms with E-state index >= 15 is 0 Å². The van der Waals surface area contributed by atoms with Crippen molar-refractivity contribution in [2.75, 3.05) is 27.3 Å². The van der Waals surface area contributed by atoms with Gasteiger partial charge in [-0.1, -0.05) is 48.5 Å². The highest BCUT2D eigenvalue weighted by Gasteiger charge is 2.46. The minimum Gasteiger partial charge on any atom is -0.497 e. The number of amides is 2. The van der Waals surface area contributed by atoms with Crippen LogP contribution in [0, 0.1) is 5.41 Å². The Morgan fingerprint density at radius 3 is 1.43 bits per heavy atom. The van der Waals surface area contributed by atoms with Crippen molar-refractivity contribution in [2.45, 2.75) is 25.7 Å². The molecule has 0 radical (unpaired) electrons. The molecule has 0 saturated heterocycles. The van der Waals surface area contributed by atoms with E-state index in [1.165, 1.54) is 0 Å². The maximum Gasteiger partial charge on any atom is 0.236 e. The summed E-state index contributed by atoms with van der Waals surface area (Å²) >= 11 is 0. The summed E-state index contributed by atoms with van der Waals surface area (Å²) in [5.74, 6) is 0.859. The first-order valence-corrected chi connectivity index (χ1v) is 15.7. The van der Waals surface area contributed by atoms with Crippen molar-refractivity contribution in [2.24, 2.45) is 5.41 Å². The van der Waals surface area contributed by atoms with Gasteiger partial charge in [-0.2, -0.15) is 0 Å². The zero-order chi connectivity index (χ0) is 32.6. The largest absolute Gasteiger partial charge is 0.497 e. The molecule has 0 unspecified atom stereocenters. The molecule has 0 aliphatic rings. The van der Waals surface area contributed by atoms with Gasteiger partial charge in [0, 0.05) is 23.9 Å². The molecule has 2 N–H and O–H groups in total. The van der Waals surface area contributed by atoms with Crippen LogP contribution in [0.4, 0.5) is 0 Å². The minimum atomic E-state index is -1.49. The van der Waals surface area contributed by atoms with Gasteiger partial charge in [-0.3, -0.25) is 9.59 Å². The first-order valence-electron chi connectivity index (χ1n) is 15.7. The molecule has 6 rings (SSSR count). The van der Waals surface area contributed by atoms with Gasteiger partial charge in [0.15, 0.2) is 0 Å². The number of benzene rings is 4. The van der Waals surface area contributed by atoms with Crippen LogP contribution >= 0.6 is 0 Å². The molecule has 0 fully saturated rings. The van der Waals surface area contributed by atoms with Crippen molar-refractivity contribution < 1.29 is 27.9 Å². The summed E-state index contributed by atoms with van der Waals surface area (Å²) in [6, 6.07) is 30.7. The van der Waals surface area contributed by atoms with E-state index in [9.17, 15) is 9.59 Å². The van der Waals surface area contributed by atoms with E-state index in [0.717, 1.165) is 44.5 Å². The molecule has 0 aliphatic carbocycles. The third kappa shape index (κ3) is 7.02. The lowest BCUT2D eigenvalue weighted by Gasteiger charge is -2.32. The zero-order valence-electron chi connectivity index (χ0n) is 26.6. The van der Waals surface area contributed by atoms with E-state index < -0.39 is 5.41 Å². The number of fused-ring (bicyclic) bond motifs is 2. The summed E-state index contributed by atoms with van der Waals surface area (Å²) in [6.45, 7) is 0.718. The average molecular weight is 631 g/mol. The molecule has 2 aromatic heterocycles. The number of rotatable bonds is 14. The van der Waals surface area contributed by atoms with Crippen molar-refractivity contribution >= 4 is 33.8 Å². The van der Waals surface area contributed by atoms with Gasteiger partial charge >= 0.3 is 0 Å².